The largest absolute Gasteiger partial charge is 0.477 e. The first kappa shape index (κ1) is 13.2. The van der Waals surface area contributed by atoms with Crippen LogP contribution in [0.25, 0.3) is 0 Å². The number of benzene rings is 1. The first-order chi connectivity index (χ1) is 10.2. The fraction of sp³-hybridized carbons (Fsp3) is 0.200. The minimum atomic E-state index is -1.18. The number of carbonyl (C=O) groups is 2. The van der Waals surface area contributed by atoms with E-state index in [1.807, 2.05) is 24.3 Å². The standard InChI is InChI=1S/C15H13N3O3/c19-14(13-16-8-7-11(17-13)15(20)21)18-9-3-5-10-4-1-2-6-12(10)18/h1-2,4,6-8H,3,5,9H2,(H,20,21). The minimum Gasteiger partial charge on any atom is -0.477 e. The number of hydrogen-bond acceptors (Lipinski definition) is 4. The van der Waals surface area contributed by atoms with Crippen molar-refractivity contribution in [2.45, 2.75) is 12.8 Å². The van der Waals surface area contributed by atoms with Crippen LogP contribution in [0.2, 0.25) is 0 Å². The number of hydrogen-bond donors (Lipinski definition) is 1. The molecule has 2 heterocycles. The summed E-state index contributed by atoms with van der Waals surface area (Å²) in [5.74, 6) is -1.64. The number of para-hydroxylation sites is 1. The molecule has 0 spiro atoms. The van der Waals surface area contributed by atoms with Crippen molar-refractivity contribution in [1.82, 2.24) is 9.97 Å². The lowest BCUT2D eigenvalue weighted by Gasteiger charge is -2.28. The van der Waals surface area contributed by atoms with E-state index in [-0.39, 0.29) is 17.4 Å². The van der Waals surface area contributed by atoms with Gasteiger partial charge in [0, 0.05) is 18.4 Å². The fourth-order valence-electron chi connectivity index (χ4n) is 2.45. The number of anilines is 1. The zero-order chi connectivity index (χ0) is 14.8. The van der Waals surface area contributed by atoms with E-state index >= 15 is 0 Å². The predicted molar refractivity (Wildman–Crippen MR) is 75.4 cm³/mol. The van der Waals surface area contributed by atoms with Crippen LogP contribution in [0.1, 0.15) is 33.1 Å². The average Bonchev–Trinajstić information content (AvgIpc) is 2.53. The van der Waals surface area contributed by atoms with Crippen molar-refractivity contribution in [2.24, 2.45) is 0 Å². The Morgan fingerprint density at radius 3 is 2.81 bits per heavy atom. The van der Waals surface area contributed by atoms with Crippen LogP contribution < -0.4 is 4.90 Å². The molecule has 1 aromatic carbocycles. The van der Waals surface area contributed by atoms with Gasteiger partial charge in [-0.15, -0.1) is 0 Å². The SMILES string of the molecule is O=C(O)c1ccnc(C(=O)N2CCCc3ccccc32)n1. The smallest absolute Gasteiger partial charge is 0.354 e. The summed E-state index contributed by atoms with van der Waals surface area (Å²) in [6, 6.07) is 8.95. The van der Waals surface area contributed by atoms with Crippen molar-refractivity contribution in [3.63, 3.8) is 0 Å². The Morgan fingerprint density at radius 1 is 1.19 bits per heavy atom. The van der Waals surface area contributed by atoms with Gasteiger partial charge in [-0.2, -0.15) is 0 Å². The second kappa shape index (κ2) is 5.32. The molecule has 21 heavy (non-hydrogen) atoms. The lowest BCUT2D eigenvalue weighted by molar-refractivity contribution is 0.0690. The second-order valence-corrected chi connectivity index (χ2v) is 4.76. The highest BCUT2D eigenvalue weighted by Gasteiger charge is 2.25. The Morgan fingerprint density at radius 2 is 2.00 bits per heavy atom. The molecule has 1 aliphatic heterocycles. The van der Waals surface area contributed by atoms with Crippen molar-refractivity contribution in [2.75, 3.05) is 11.4 Å². The lowest BCUT2D eigenvalue weighted by atomic mass is 10.0. The van der Waals surface area contributed by atoms with E-state index in [1.165, 1.54) is 12.3 Å². The van der Waals surface area contributed by atoms with Gasteiger partial charge in [0.15, 0.2) is 5.69 Å². The van der Waals surface area contributed by atoms with Gasteiger partial charge in [0.25, 0.3) is 5.91 Å². The molecule has 0 radical (unpaired) electrons. The van der Waals surface area contributed by atoms with Crippen molar-refractivity contribution in [1.29, 1.82) is 0 Å². The number of aromatic carboxylic acids is 1. The number of rotatable bonds is 2. The number of aryl methyl sites for hydroxylation is 1. The quantitative estimate of drug-likeness (QED) is 0.908. The first-order valence-electron chi connectivity index (χ1n) is 6.63. The number of aromatic nitrogens is 2. The fourth-order valence-corrected chi connectivity index (χ4v) is 2.45. The summed E-state index contributed by atoms with van der Waals surface area (Å²) in [6.07, 6.45) is 3.08. The van der Waals surface area contributed by atoms with Crippen LogP contribution in [0.3, 0.4) is 0 Å². The maximum Gasteiger partial charge on any atom is 0.354 e. The average molecular weight is 283 g/mol. The van der Waals surface area contributed by atoms with E-state index in [9.17, 15) is 9.59 Å². The molecular weight excluding hydrogens is 270 g/mol. The summed E-state index contributed by atoms with van der Waals surface area (Å²) in [6.45, 7) is 0.580. The maximum absolute atomic E-state index is 12.5. The van der Waals surface area contributed by atoms with Crippen LogP contribution in [0.15, 0.2) is 36.5 Å². The van der Waals surface area contributed by atoms with Gasteiger partial charge < -0.3 is 10.0 Å². The topological polar surface area (TPSA) is 83.4 Å². The third-order valence-corrected chi connectivity index (χ3v) is 3.42. The molecule has 3 rings (SSSR count). The van der Waals surface area contributed by atoms with Crippen LogP contribution in [0.5, 0.6) is 0 Å². The highest BCUT2D eigenvalue weighted by molar-refractivity contribution is 6.04. The number of fused-ring (bicyclic) bond motifs is 1. The van der Waals surface area contributed by atoms with Crippen LogP contribution in [0, 0.1) is 0 Å². The van der Waals surface area contributed by atoms with Crippen LogP contribution in [-0.2, 0) is 6.42 Å². The van der Waals surface area contributed by atoms with E-state index in [1.54, 1.807) is 4.90 Å². The second-order valence-electron chi connectivity index (χ2n) is 4.76. The molecule has 6 nitrogen and oxygen atoms in total. The van der Waals surface area contributed by atoms with Crippen molar-refractivity contribution < 1.29 is 14.7 Å². The molecule has 0 bridgehead atoms. The molecule has 0 saturated carbocycles. The molecule has 1 N–H and O–H groups in total. The summed E-state index contributed by atoms with van der Waals surface area (Å²) in [5.41, 5.74) is 1.77. The molecule has 1 aliphatic rings. The van der Waals surface area contributed by atoms with E-state index in [0.29, 0.717) is 6.54 Å². The Hall–Kier alpha value is -2.76. The van der Waals surface area contributed by atoms with Crippen LogP contribution >= 0.6 is 0 Å². The molecule has 106 valence electrons. The highest BCUT2D eigenvalue weighted by Crippen LogP contribution is 2.27. The third-order valence-electron chi connectivity index (χ3n) is 3.42. The van der Waals surface area contributed by atoms with E-state index in [0.717, 1.165) is 24.1 Å². The zero-order valence-corrected chi connectivity index (χ0v) is 11.2. The minimum absolute atomic E-state index is 0.0911. The molecular formula is C15H13N3O3. The van der Waals surface area contributed by atoms with Gasteiger partial charge in [0.2, 0.25) is 5.82 Å². The van der Waals surface area contributed by atoms with Gasteiger partial charge in [0.05, 0.1) is 0 Å². The molecule has 0 unspecified atom stereocenters. The summed E-state index contributed by atoms with van der Waals surface area (Å²) in [4.78, 5) is 32.8. The van der Waals surface area contributed by atoms with Gasteiger partial charge in [-0.05, 0) is 30.5 Å². The van der Waals surface area contributed by atoms with Crippen molar-refractivity contribution in [3.05, 3.63) is 53.6 Å². The van der Waals surface area contributed by atoms with Crippen LogP contribution in [-0.4, -0.2) is 33.5 Å². The van der Waals surface area contributed by atoms with Gasteiger partial charge in [-0.1, -0.05) is 18.2 Å². The molecule has 1 aromatic heterocycles. The number of carboxylic acid groups (broad SMARTS) is 1. The molecule has 0 atom stereocenters. The highest BCUT2D eigenvalue weighted by atomic mass is 16.4. The maximum atomic E-state index is 12.5. The summed E-state index contributed by atoms with van der Waals surface area (Å²) in [7, 11) is 0. The van der Waals surface area contributed by atoms with Crippen LogP contribution in [0.4, 0.5) is 5.69 Å². The Balaban J connectivity index is 1.96. The van der Waals surface area contributed by atoms with E-state index in [2.05, 4.69) is 9.97 Å². The Kier molecular flexibility index (Phi) is 3.35. The van der Waals surface area contributed by atoms with Gasteiger partial charge >= 0.3 is 5.97 Å². The zero-order valence-electron chi connectivity index (χ0n) is 11.2. The molecule has 0 aliphatic carbocycles. The summed E-state index contributed by atoms with van der Waals surface area (Å²) >= 11 is 0. The molecule has 6 heteroatoms. The van der Waals surface area contributed by atoms with Gasteiger partial charge in [-0.25, -0.2) is 14.8 Å². The van der Waals surface area contributed by atoms with Gasteiger partial charge in [0.1, 0.15) is 0 Å². The van der Waals surface area contributed by atoms with Gasteiger partial charge in [-0.3, -0.25) is 4.79 Å². The molecule has 2 aromatic rings. The summed E-state index contributed by atoms with van der Waals surface area (Å²) in [5, 5.41) is 8.94. The van der Waals surface area contributed by atoms with E-state index in [4.69, 9.17) is 5.11 Å². The molecule has 0 saturated heterocycles. The number of nitrogens with zero attached hydrogens (tertiary/aromatic N) is 3. The Bertz CT molecular complexity index is 715. The van der Waals surface area contributed by atoms with E-state index < -0.39 is 5.97 Å². The molecule has 0 fully saturated rings. The predicted octanol–water partition coefficient (Wildman–Crippen LogP) is 1.77. The van der Waals surface area contributed by atoms with Crippen molar-refractivity contribution >= 4 is 17.6 Å². The first-order valence-corrected chi connectivity index (χ1v) is 6.63. The number of amides is 1. The normalized spacial score (nSPS) is 13.6. The summed E-state index contributed by atoms with van der Waals surface area (Å²) < 4.78 is 0. The lowest BCUT2D eigenvalue weighted by Crippen LogP contribution is -2.36. The monoisotopic (exact) mass is 283 g/mol. The number of carboxylic acids is 1. The number of carbonyl (C=O) groups excluding carboxylic acids is 1. The molecule has 1 amide bonds. The van der Waals surface area contributed by atoms with Crippen molar-refractivity contribution in [3.8, 4) is 0 Å². The third kappa shape index (κ3) is 2.47. The Labute approximate surface area is 121 Å².